The van der Waals surface area contributed by atoms with E-state index < -0.39 is 5.97 Å². The molecule has 3 aromatic rings. The van der Waals surface area contributed by atoms with Crippen molar-refractivity contribution in [3.8, 4) is 11.5 Å². The molecule has 0 amide bonds. The van der Waals surface area contributed by atoms with Gasteiger partial charge in [0.2, 0.25) is 0 Å². The van der Waals surface area contributed by atoms with Crippen molar-refractivity contribution in [2.45, 2.75) is 32.7 Å². The summed E-state index contributed by atoms with van der Waals surface area (Å²) in [7, 11) is 2.92. The summed E-state index contributed by atoms with van der Waals surface area (Å²) in [5, 5.41) is 9.93. The Labute approximate surface area is 169 Å². The number of hydrogen-bond donors (Lipinski definition) is 1. The highest BCUT2D eigenvalue weighted by Crippen LogP contribution is 2.32. The number of carboxylic acids is 1. The number of fused-ring (bicyclic) bond motifs is 2. The van der Waals surface area contributed by atoms with Gasteiger partial charge in [0.15, 0.2) is 11.5 Å². The molecule has 0 aliphatic heterocycles. The highest BCUT2D eigenvalue weighted by molar-refractivity contribution is 6.04. The molecule has 0 saturated heterocycles. The summed E-state index contributed by atoms with van der Waals surface area (Å²) in [4.78, 5) is 23.6. The lowest BCUT2D eigenvalue weighted by molar-refractivity contribution is 0.0698. The van der Waals surface area contributed by atoms with Crippen LogP contribution in [-0.4, -0.2) is 29.9 Å². The zero-order valence-corrected chi connectivity index (χ0v) is 16.9. The molecule has 1 aliphatic rings. The number of pyridine rings is 1. The van der Waals surface area contributed by atoms with Crippen LogP contribution in [0.15, 0.2) is 47.4 Å². The Balaban J connectivity index is 0.000000220. The van der Waals surface area contributed by atoms with Crippen LogP contribution < -0.4 is 15.0 Å². The molecule has 6 nitrogen and oxygen atoms in total. The average Bonchev–Trinajstić information content (AvgIpc) is 3.22. The van der Waals surface area contributed by atoms with E-state index in [1.54, 1.807) is 18.1 Å². The van der Waals surface area contributed by atoms with Gasteiger partial charge in [0.05, 0.1) is 25.2 Å². The summed E-state index contributed by atoms with van der Waals surface area (Å²) in [6, 6.07) is 11.8. The summed E-state index contributed by atoms with van der Waals surface area (Å²) in [6.07, 6.45) is 5.31. The Morgan fingerprint density at radius 3 is 2.07 bits per heavy atom. The van der Waals surface area contributed by atoms with Gasteiger partial charge in [-0.05, 0) is 49.4 Å². The lowest BCUT2D eigenvalue weighted by atomic mass is 10.1. The number of methoxy groups -OCH3 is 2. The van der Waals surface area contributed by atoms with Gasteiger partial charge < -0.3 is 19.1 Å². The number of carbonyl (C=O) groups is 1. The fraction of sp³-hybridized carbons (Fsp3) is 0.304. The number of carboxylic acid groups (broad SMARTS) is 1. The minimum Gasteiger partial charge on any atom is -0.493 e. The fourth-order valence-corrected chi connectivity index (χ4v) is 3.64. The summed E-state index contributed by atoms with van der Waals surface area (Å²) in [5.74, 6) is -0.317. The van der Waals surface area contributed by atoms with E-state index in [9.17, 15) is 14.7 Å². The number of hydrogen-bond acceptors (Lipinski definition) is 4. The van der Waals surface area contributed by atoms with Crippen LogP contribution in [0.2, 0.25) is 0 Å². The monoisotopic (exact) mass is 395 g/mol. The van der Waals surface area contributed by atoms with Crippen molar-refractivity contribution in [1.29, 1.82) is 0 Å². The van der Waals surface area contributed by atoms with Crippen LogP contribution in [0.5, 0.6) is 11.5 Å². The Hall–Kier alpha value is -3.28. The molecule has 1 aliphatic carbocycles. The molecule has 0 saturated carbocycles. The van der Waals surface area contributed by atoms with Gasteiger partial charge in [-0.2, -0.15) is 0 Å². The standard InChI is InChI=1S/C14H15NO5.C9H10/c1-4-15-7-10(14(17)18)8-5-11(19-2)12(20-3)6-9(8)13(15)16;1-2-5-9-7-3-6-8(9)4-1/h5-7H,4H2,1-3H3,(H,17,18);1-2,4-5H,3,6-7H2. The Bertz CT molecular complexity index is 1080. The highest BCUT2D eigenvalue weighted by Gasteiger charge is 2.17. The third-order valence-electron chi connectivity index (χ3n) is 5.17. The van der Waals surface area contributed by atoms with Gasteiger partial charge in [-0.3, -0.25) is 4.79 Å². The first-order chi connectivity index (χ1) is 14.0. The SMILES string of the molecule is CCn1cc(C(=O)O)c2cc(OC)c(OC)cc2c1=O.c1ccc2c(c1)CCC2. The van der Waals surface area contributed by atoms with E-state index in [4.69, 9.17) is 9.47 Å². The second kappa shape index (κ2) is 8.82. The fourth-order valence-electron chi connectivity index (χ4n) is 3.64. The van der Waals surface area contributed by atoms with Gasteiger partial charge in [0.1, 0.15) is 0 Å². The van der Waals surface area contributed by atoms with Crippen LogP contribution in [-0.2, 0) is 19.4 Å². The van der Waals surface area contributed by atoms with Crippen molar-refractivity contribution < 1.29 is 19.4 Å². The smallest absolute Gasteiger partial charge is 0.337 e. The number of ether oxygens (including phenoxy) is 2. The van der Waals surface area contributed by atoms with Crippen molar-refractivity contribution in [2.75, 3.05) is 14.2 Å². The zero-order valence-electron chi connectivity index (χ0n) is 16.9. The van der Waals surface area contributed by atoms with Crippen LogP contribution >= 0.6 is 0 Å². The largest absolute Gasteiger partial charge is 0.493 e. The van der Waals surface area contributed by atoms with Crippen LogP contribution in [0.4, 0.5) is 0 Å². The molecule has 1 heterocycles. The van der Waals surface area contributed by atoms with Gasteiger partial charge in [0.25, 0.3) is 5.56 Å². The maximum Gasteiger partial charge on any atom is 0.337 e. The van der Waals surface area contributed by atoms with Crippen molar-refractivity contribution in [2.24, 2.45) is 0 Å². The lowest BCUT2D eigenvalue weighted by Crippen LogP contribution is -2.21. The molecule has 0 unspecified atom stereocenters. The molecule has 6 heteroatoms. The zero-order chi connectivity index (χ0) is 21.0. The molecule has 2 aromatic carbocycles. The van der Waals surface area contributed by atoms with Gasteiger partial charge in [-0.25, -0.2) is 4.79 Å². The van der Waals surface area contributed by atoms with E-state index in [-0.39, 0.29) is 11.1 Å². The van der Waals surface area contributed by atoms with E-state index in [2.05, 4.69) is 24.3 Å². The predicted molar refractivity (Wildman–Crippen MR) is 112 cm³/mol. The molecular weight excluding hydrogens is 370 g/mol. The Morgan fingerprint density at radius 2 is 1.59 bits per heavy atom. The quantitative estimate of drug-likeness (QED) is 0.725. The van der Waals surface area contributed by atoms with Gasteiger partial charge in [-0.15, -0.1) is 0 Å². The number of aryl methyl sites for hydroxylation is 3. The minimum absolute atomic E-state index is 0.0578. The normalized spacial score (nSPS) is 12.1. The van der Waals surface area contributed by atoms with Crippen LogP contribution in [0, 0.1) is 0 Å². The topological polar surface area (TPSA) is 77.8 Å². The van der Waals surface area contributed by atoms with E-state index in [1.807, 2.05) is 0 Å². The van der Waals surface area contributed by atoms with E-state index in [0.29, 0.717) is 28.8 Å². The molecule has 1 N–H and O–H groups in total. The average molecular weight is 395 g/mol. The second-order valence-corrected chi connectivity index (χ2v) is 6.81. The van der Waals surface area contributed by atoms with Gasteiger partial charge >= 0.3 is 5.97 Å². The molecule has 0 spiro atoms. The molecule has 0 bridgehead atoms. The van der Waals surface area contributed by atoms with Crippen molar-refractivity contribution >= 4 is 16.7 Å². The molecule has 29 heavy (non-hydrogen) atoms. The maximum atomic E-state index is 12.3. The van der Waals surface area contributed by atoms with E-state index >= 15 is 0 Å². The highest BCUT2D eigenvalue weighted by atomic mass is 16.5. The minimum atomic E-state index is -1.09. The van der Waals surface area contributed by atoms with Gasteiger partial charge in [-0.1, -0.05) is 24.3 Å². The summed E-state index contributed by atoms with van der Waals surface area (Å²) >= 11 is 0. The first-order valence-electron chi connectivity index (χ1n) is 9.59. The predicted octanol–water partition coefficient (Wildman–Crippen LogP) is 3.91. The van der Waals surface area contributed by atoms with Crippen molar-refractivity contribution in [3.63, 3.8) is 0 Å². The van der Waals surface area contributed by atoms with Crippen LogP contribution in [0.1, 0.15) is 34.8 Å². The second-order valence-electron chi connectivity index (χ2n) is 6.81. The molecule has 4 rings (SSSR count). The first kappa shape index (κ1) is 20.5. The number of rotatable bonds is 4. The summed E-state index contributed by atoms with van der Waals surface area (Å²) < 4.78 is 11.7. The van der Waals surface area contributed by atoms with Gasteiger partial charge in [0, 0.05) is 18.1 Å². The van der Waals surface area contributed by atoms with Crippen molar-refractivity contribution in [1.82, 2.24) is 4.57 Å². The maximum absolute atomic E-state index is 12.3. The van der Waals surface area contributed by atoms with E-state index in [0.717, 1.165) is 0 Å². The molecular formula is C23H25NO5. The van der Waals surface area contributed by atoms with Crippen LogP contribution in [0.3, 0.4) is 0 Å². The molecule has 0 radical (unpaired) electrons. The molecule has 152 valence electrons. The number of aromatic nitrogens is 1. The number of benzene rings is 2. The van der Waals surface area contributed by atoms with E-state index in [1.165, 1.54) is 56.4 Å². The van der Waals surface area contributed by atoms with Crippen LogP contribution in [0.25, 0.3) is 10.8 Å². The first-order valence-corrected chi connectivity index (χ1v) is 9.59. The molecule has 0 fully saturated rings. The Kier molecular flexibility index (Phi) is 6.22. The lowest BCUT2D eigenvalue weighted by Gasteiger charge is -2.12. The summed E-state index contributed by atoms with van der Waals surface area (Å²) in [5.41, 5.74) is 2.94. The van der Waals surface area contributed by atoms with Crippen molar-refractivity contribution in [3.05, 3.63) is 69.6 Å². The third-order valence-corrected chi connectivity index (χ3v) is 5.17. The Morgan fingerprint density at radius 1 is 1.03 bits per heavy atom. The third kappa shape index (κ3) is 4.11. The summed E-state index contributed by atoms with van der Waals surface area (Å²) in [6.45, 7) is 2.17. The molecule has 0 atom stereocenters. The molecule has 1 aromatic heterocycles. The number of aromatic carboxylic acids is 1. The number of nitrogens with zero attached hydrogens (tertiary/aromatic N) is 1.